The molecule has 0 radical (unpaired) electrons. The maximum Gasteiger partial charge on any atom is 0.236 e. The van der Waals surface area contributed by atoms with Crippen molar-refractivity contribution >= 4 is 35.8 Å². The van der Waals surface area contributed by atoms with E-state index in [2.05, 4.69) is 20.1 Å². The minimum Gasteiger partial charge on any atom is -0.486 e. The number of nitrogens with zero attached hydrogens (tertiary/aromatic N) is 4. The van der Waals surface area contributed by atoms with Crippen molar-refractivity contribution in [3.05, 3.63) is 30.1 Å². The molecule has 1 N–H and O–H groups in total. The number of rotatable bonds is 6. The van der Waals surface area contributed by atoms with Crippen LogP contribution in [0.25, 0.3) is 0 Å². The zero-order valence-electron chi connectivity index (χ0n) is 17.8. The highest BCUT2D eigenvalue weighted by Gasteiger charge is 2.24. The largest absolute Gasteiger partial charge is 0.486 e. The zero-order chi connectivity index (χ0) is 20.6. The van der Waals surface area contributed by atoms with Crippen molar-refractivity contribution in [1.82, 2.24) is 20.0 Å². The summed E-state index contributed by atoms with van der Waals surface area (Å²) >= 11 is 0. The molecule has 7 nitrogen and oxygen atoms in total. The second kappa shape index (κ2) is 12.3. The summed E-state index contributed by atoms with van der Waals surface area (Å²) in [6.07, 6.45) is 2.05. The summed E-state index contributed by atoms with van der Waals surface area (Å²) in [7, 11) is 1.76. The van der Waals surface area contributed by atoms with Crippen LogP contribution in [0.3, 0.4) is 0 Å². The molecular formula is C21H33FIN5O2. The van der Waals surface area contributed by atoms with Gasteiger partial charge < -0.3 is 19.9 Å². The second-order valence-electron chi connectivity index (χ2n) is 7.64. The Morgan fingerprint density at radius 1 is 1.13 bits per heavy atom. The summed E-state index contributed by atoms with van der Waals surface area (Å²) in [5, 5.41) is 3.31. The number of piperazine rings is 1. The van der Waals surface area contributed by atoms with E-state index < -0.39 is 0 Å². The predicted molar refractivity (Wildman–Crippen MR) is 127 cm³/mol. The highest BCUT2D eigenvalue weighted by Crippen LogP contribution is 2.16. The lowest BCUT2D eigenvalue weighted by Gasteiger charge is -2.36. The number of hydrogen-bond acceptors (Lipinski definition) is 4. The van der Waals surface area contributed by atoms with Crippen molar-refractivity contribution < 1.29 is 13.9 Å². The summed E-state index contributed by atoms with van der Waals surface area (Å²) < 4.78 is 19.4. The number of amides is 1. The van der Waals surface area contributed by atoms with Gasteiger partial charge in [-0.2, -0.15) is 0 Å². The quantitative estimate of drug-likeness (QED) is 0.345. The van der Waals surface area contributed by atoms with Crippen molar-refractivity contribution in [3.63, 3.8) is 0 Å². The van der Waals surface area contributed by atoms with Gasteiger partial charge in [0, 0.05) is 46.3 Å². The smallest absolute Gasteiger partial charge is 0.236 e. The van der Waals surface area contributed by atoms with Crippen LogP contribution in [0.4, 0.5) is 4.39 Å². The van der Waals surface area contributed by atoms with Gasteiger partial charge in [-0.25, -0.2) is 4.39 Å². The summed E-state index contributed by atoms with van der Waals surface area (Å²) in [6, 6.07) is 6.42. The third-order valence-electron chi connectivity index (χ3n) is 5.41. The van der Waals surface area contributed by atoms with Crippen LogP contribution >= 0.6 is 24.0 Å². The first-order valence-corrected chi connectivity index (χ1v) is 10.4. The van der Waals surface area contributed by atoms with E-state index in [0.29, 0.717) is 13.1 Å². The normalized spacial score (nSPS) is 18.7. The van der Waals surface area contributed by atoms with Crippen molar-refractivity contribution in [1.29, 1.82) is 0 Å². The topological polar surface area (TPSA) is 60.4 Å². The highest BCUT2D eigenvalue weighted by molar-refractivity contribution is 14.0. The number of carbonyl (C=O) groups excluding carboxylic acids is 1. The minimum atomic E-state index is -0.358. The first kappa shape index (κ1) is 24.6. The molecule has 0 aromatic heterocycles. The molecule has 1 aromatic carbocycles. The van der Waals surface area contributed by atoms with Gasteiger partial charge in [0.15, 0.2) is 17.5 Å². The first-order chi connectivity index (χ1) is 14.1. The fourth-order valence-corrected chi connectivity index (χ4v) is 3.74. The van der Waals surface area contributed by atoms with E-state index in [1.807, 2.05) is 11.8 Å². The molecule has 2 saturated heterocycles. The molecule has 168 valence electrons. The van der Waals surface area contributed by atoms with Gasteiger partial charge in [0.05, 0.1) is 13.1 Å². The molecule has 2 aliphatic heterocycles. The van der Waals surface area contributed by atoms with E-state index in [0.717, 1.165) is 58.1 Å². The first-order valence-electron chi connectivity index (χ1n) is 10.4. The second-order valence-corrected chi connectivity index (χ2v) is 7.64. The van der Waals surface area contributed by atoms with Crippen LogP contribution in [0.5, 0.6) is 5.75 Å². The molecular weight excluding hydrogens is 500 g/mol. The molecule has 3 rings (SSSR count). The van der Waals surface area contributed by atoms with Crippen molar-refractivity contribution in [3.8, 4) is 5.75 Å². The number of carbonyl (C=O) groups is 1. The molecule has 2 fully saturated rings. The molecule has 1 unspecified atom stereocenters. The average molecular weight is 533 g/mol. The number of likely N-dealkylation sites (tertiary alicyclic amines) is 1. The molecule has 30 heavy (non-hydrogen) atoms. The van der Waals surface area contributed by atoms with Gasteiger partial charge in [0.25, 0.3) is 0 Å². The third-order valence-corrected chi connectivity index (χ3v) is 5.41. The number of guanidine groups is 1. The molecule has 1 aromatic rings. The molecule has 0 aliphatic carbocycles. The molecule has 0 saturated carbocycles. The minimum absolute atomic E-state index is 0. The number of para-hydroxylation sites is 1. The molecule has 1 atom stereocenters. The fraction of sp³-hybridized carbons (Fsp3) is 0.619. The van der Waals surface area contributed by atoms with Gasteiger partial charge >= 0.3 is 0 Å². The lowest BCUT2D eigenvalue weighted by molar-refractivity contribution is -0.131. The molecule has 0 bridgehead atoms. The molecule has 2 aliphatic rings. The molecule has 9 heteroatoms. The molecule has 1 amide bonds. The van der Waals surface area contributed by atoms with Crippen molar-refractivity contribution in [2.45, 2.75) is 25.9 Å². The summed E-state index contributed by atoms with van der Waals surface area (Å²) in [4.78, 5) is 23.1. The Hall–Kier alpha value is -1.62. The monoisotopic (exact) mass is 533 g/mol. The Bertz CT molecular complexity index is 706. The van der Waals surface area contributed by atoms with E-state index in [9.17, 15) is 9.18 Å². The van der Waals surface area contributed by atoms with E-state index in [1.165, 1.54) is 6.07 Å². The van der Waals surface area contributed by atoms with E-state index in [4.69, 9.17) is 4.74 Å². The SMILES string of the molecule is CN=C(NCC(C)Oc1ccccc1F)N1CCN(CC(=O)N2CCCC2)CC1.I. The number of halogens is 2. The maximum atomic E-state index is 13.7. The Kier molecular flexibility index (Phi) is 10.1. The highest BCUT2D eigenvalue weighted by atomic mass is 127. The van der Waals surface area contributed by atoms with E-state index in [-0.39, 0.29) is 47.6 Å². The summed E-state index contributed by atoms with van der Waals surface area (Å²) in [6.45, 7) is 8.04. The van der Waals surface area contributed by atoms with Gasteiger partial charge in [-0.1, -0.05) is 12.1 Å². The number of nitrogens with one attached hydrogen (secondary N) is 1. The van der Waals surface area contributed by atoms with Gasteiger partial charge in [0.1, 0.15) is 6.10 Å². The lowest BCUT2D eigenvalue weighted by atomic mass is 10.3. The Balaban J connectivity index is 0.00000320. The summed E-state index contributed by atoms with van der Waals surface area (Å²) in [5.41, 5.74) is 0. The van der Waals surface area contributed by atoms with E-state index >= 15 is 0 Å². The average Bonchev–Trinajstić information content (AvgIpc) is 3.26. The van der Waals surface area contributed by atoms with Gasteiger partial charge in [0.2, 0.25) is 5.91 Å². The van der Waals surface area contributed by atoms with Crippen LogP contribution in [-0.4, -0.2) is 92.1 Å². The van der Waals surface area contributed by atoms with Crippen LogP contribution in [0.1, 0.15) is 19.8 Å². The number of hydrogen-bond donors (Lipinski definition) is 1. The Labute approximate surface area is 195 Å². The molecule has 2 heterocycles. The molecule has 0 spiro atoms. The number of aliphatic imine (C=N–C) groups is 1. The van der Waals surface area contributed by atoms with Gasteiger partial charge in [-0.15, -0.1) is 24.0 Å². The van der Waals surface area contributed by atoms with Gasteiger partial charge in [-0.3, -0.25) is 14.7 Å². The van der Waals surface area contributed by atoms with Crippen molar-refractivity contribution in [2.24, 2.45) is 4.99 Å². The predicted octanol–water partition coefficient (Wildman–Crippen LogP) is 2.03. The van der Waals surface area contributed by atoms with Crippen LogP contribution < -0.4 is 10.1 Å². The number of benzene rings is 1. The zero-order valence-corrected chi connectivity index (χ0v) is 20.2. The van der Waals surface area contributed by atoms with Crippen LogP contribution in [0.15, 0.2) is 29.3 Å². The standard InChI is InChI=1S/C21H32FN5O2.HI/c1-17(29-19-8-4-3-7-18(19)22)15-24-21(23-2)27-13-11-25(12-14-27)16-20(28)26-9-5-6-10-26;/h3-4,7-8,17H,5-6,9-16H2,1-2H3,(H,23,24);1H. The fourth-order valence-electron chi connectivity index (χ4n) is 3.74. The third kappa shape index (κ3) is 6.97. The Morgan fingerprint density at radius 2 is 1.80 bits per heavy atom. The van der Waals surface area contributed by atoms with Crippen LogP contribution in [-0.2, 0) is 4.79 Å². The Morgan fingerprint density at radius 3 is 2.43 bits per heavy atom. The van der Waals surface area contributed by atoms with Crippen LogP contribution in [0, 0.1) is 5.82 Å². The number of ether oxygens (including phenoxy) is 1. The van der Waals surface area contributed by atoms with Crippen LogP contribution in [0.2, 0.25) is 0 Å². The van der Waals surface area contributed by atoms with E-state index in [1.54, 1.807) is 25.2 Å². The summed E-state index contributed by atoms with van der Waals surface area (Å²) in [5.74, 6) is 0.952. The lowest BCUT2D eigenvalue weighted by Crippen LogP contribution is -2.54. The van der Waals surface area contributed by atoms with Gasteiger partial charge in [-0.05, 0) is 31.9 Å². The maximum absolute atomic E-state index is 13.7. The van der Waals surface area contributed by atoms with Crippen molar-refractivity contribution in [2.75, 3.05) is 59.4 Å².